The lowest BCUT2D eigenvalue weighted by molar-refractivity contribution is -0.123. The van der Waals surface area contributed by atoms with Gasteiger partial charge in [0, 0.05) is 4.47 Å². The topological polar surface area (TPSA) is 85.3 Å². The SMILES string of the molecule is COc1ccccc1OCCN1C(=O)S/C(=C\c2cc(OC)c(O)c(Br)c2Br)C1=O. The molecule has 1 fully saturated rings. The second-order valence-electron chi connectivity index (χ2n) is 5.98. The lowest BCUT2D eigenvalue weighted by Gasteiger charge is -2.14. The Bertz CT molecular complexity index is 1030. The van der Waals surface area contributed by atoms with E-state index in [1.165, 1.54) is 14.2 Å². The average molecular weight is 559 g/mol. The Balaban J connectivity index is 1.74. The van der Waals surface area contributed by atoms with Gasteiger partial charge >= 0.3 is 0 Å². The molecule has 2 amide bonds. The standard InChI is InChI=1S/C20H17Br2NO6S/c1-27-12-5-3-4-6-13(12)29-8-7-23-19(25)15(30-20(23)26)10-11-9-14(28-2)18(24)17(22)16(11)21/h3-6,9-10,24H,7-8H2,1-2H3/b15-10-. The molecule has 7 nitrogen and oxygen atoms in total. The number of rotatable bonds is 7. The summed E-state index contributed by atoms with van der Waals surface area (Å²) < 4.78 is 16.9. The van der Waals surface area contributed by atoms with Gasteiger partial charge in [-0.1, -0.05) is 12.1 Å². The largest absolute Gasteiger partial charge is 0.503 e. The van der Waals surface area contributed by atoms with Gasteiger partial charge in [-0.15, -0.1) is 0 Å². The number of para-hydroxylation sites is 2. The molecule has 3 rings (SSSR count). The number of hydrogen-bond donors (Lipinski definition) is 1. The molecular weight excluding hydrogens is 542 g/mol. The maximum absolute atomic E-state index is 12.7. The second-order valence-corrected chi connectivity index (χ2v) is 8.56. The van der Waals surface area contributed by atoms with Crippen molar-refractivity contribution < 1.29 is 28.9 Å². The van der Waals surface area contributed by atoms with Crippen LogP contribution in [-0.4, -0.2) is 48.5 Å². The molecule has 0 saturated carbocycles. The van der Waals surface area contributed by atoms with Gasteiger partial charge in [0.05, 0.1) is 30.1 Å². The number of methoxy groups -OCH3 is 2. The third-order valence-electron chi connectivity index (χ3n) is 4.20. The van der Waals surface area contributed by atoms with Crippen LogP contribution in [0.5, 0.6) is 23.0 Å². The summed E-state index contributed by atoms with van der Waals surface area (Å²) in [6.07, 6.45) is 1.57. The van der Waals surface area contributed by atoms with E-state index < -0.39 is 5.91 Å². The Morgan fingerprint density at radius 3 is 2.40 bits per heavy atom. The molecule has 0 unspecified atom stereocenters. The first kappa shape index (κ1) is 22.5. The van der Waals surface area contributed by atoms with Crippen LogP contribution in [0, 0.1) is 0 Å². The number of aromatic hydroxyl groups is 1. The molecule has 0 spiro atoms. The molecule has 158 valence electrons. The number of phenolic OH excluding ortho intramolecular Hbond substituents is 1. The molecule has 2 aromatic carbocycles. The van der Waals surface area contributed by atoms with Crippen LogP contribution in [0.2, 0.25) is 0 Å². The van der Waals surface area contributed by atoms with E-state index in [-0.39, 0.29) is 34.8 Å². The molecule has 1 aliphatic heterocycles. The number of carbonyl (C=O) groups is 2. The van der Waals surface area contributed by atoms with Gasteiger partial charge in [-0.25, -0.2) is 0 Å². The molecule has 0 radical (unpaired) electrons. The van der Waals surface area contributed by atoms with Gasteiger partial charge in [0.2, 0.25) is 0 Å². The fraction of sp³-hybridized carbons (Fsp3) is 0.200. The van der Waals surface area contributed by atoms with E-state index in [2.05, 4.69) is 31.9 Å². The van der Waals surface area contributed by atoms with E-state index in [1.54, 1.807) is 24.3 Å². The first-order valence-electron chi connectivity index (χ1n) is 8.63. The highest BCUT2D eigenvalue weighted by molar-refractivity contribution is 9.13. The van der Waals surface area contributed by atoms with Crippen molar-refractivity contribution in [2.75, 3.05) is 27.4 Å². The lowest BCUT2D eigenvalue weighted by Crippen LogP contribution is -2.32. The molecule has 0 bridgehead atoms. The number of nitrogens with zero attached hydrogens (tertiary/aromatic N) is 1. The minimum absolute atomic E-state index is 0.0666. The van der Waals surface area contributed by atoms with Crippen LogP contribution in [0.3, 0.4) is 0 Å². The zero-order valence-electron chi connectivity index (χ0n) is 16.0. The highest BCUT2D eigenvalue weighted by atomic mass is 79.9. The maximum atomic E-state index is 12.7. The Labute approximate surface area is 194 Å². The number of amides is 2. The number of halogens is 2. The van der Waals surface area contributed by atoms with Gasteiger partial charge in [0.1, 0.15) is 6.61 Å². The molecule has 0 aromatic heterocycles. The van der Waals surface area contributed by atoms with E-state index >= 15 is 0 Å². The molecule has 1 saturated heterocycles. The van der Waals surface area contributed by atoms with E-state index in [1.807, 2.05) is 12.1 Å². The van der Waals surface area contributed by atoms with Crippen molar-refractivity contribution in [2.24, 2.45) is 0 Å². The summed E-state index contributed by atoms with van der Waals surface area (Å²) in [6, 6.07) is 8.72. The zero-order chi connectivity index (χ0) is 21.8. The van der Waals surface area contributed by atoms with Crippen LogP contribution in [0.25, 0.3) is 6.08 Å². The van der Waals surface area contributed by atoms with Gasteiger partial charge in [0.25, 0.3) is 11.1 Å². The molecule has 0 atom stereocenters. The summed E-state index contributed by atoms with van der Waals surface area (Å²) in [6.45, 7) is 0.234. The summed E-state index contributed by atoms with van der Waals surface area (Å²) in [5.74, 6) is 0.864. The number of thioether (sulfide) groups is 1. The van der Waals surface area contributed by atoms with E-state index in [9.17, 15) is 14.7 Å². The fourth-order valence-corrected chi connectivity index (χ4v) is 4.39. The van der Waals surface area contributed by atoms with Crippen LogP contribution in [0.1, 0.15) is 5.56 Å². The number of carbonyl (C=O) groups excluding carboxylic acids is 2. The fourth-order valence-electron chi connectivity index (χ4n) is 2.69. The maximum Gasteiger partial charge on any atom is 0.293 e. The average Bonchev–Trinajstić information content (AvgIpc) is 3.01. The van der Waals surface area contributed by atoms with Crippen LogP contribution in [0.15, 0.2) is 44.2 Å². The summed E-state index contributed by atoms with van der Waals surface area (Å²) >= 11 is 7.49. The van der Waals surface area contributed by atoms with Gasteiger partial charge < -0.3 is 19.3 Å². The molecule has 30 heavy (non-hydrogen) atoms. The quantitative estimate of drug-likeness (QED) is 0.476. The summed E-state index contributed by atoms with van der Waals surface area (Å²) in [7, 11) is 2.97. The van der Waals surface area contributed by atoms with Crippen molar-refractivity contribution >= 4 is 60.8 Å². The van der Waals surface area contributed by atoms with Crippen molar-refractivity contribution in [1.29, 1.82) is 0 Å². The van der Waals surface area contributed by atoms with Crippen molar-refractivity contribution in [3.8, 4) is 23.0 Å². The second kappa shape index (κ2) is 9.76. The smallest absolute Gasteiger partial charge is 0.293 e. The lowest BCUT2D eigenvalue weighted by atomic mass is 10.2. The summed E-state index contributed by atoms with van der Waals surface area (Å²) in [4.78, 5) is 26.5. The highest BCUT2D eigenvalue weighted by Crippen LogP contribution is 2.43. The number of phenols is 1. The van der Waals surface area contributed by atoms with Crippen molar-refractivity contribution in [3.05, 3.63) is 49.7 Å². The van der Waals surface area contributed by atoms with Gasteiger partial charge in [-0.05, 0) is 73.5 Å². The summed E-state index contributed by atoms with van der Waals surface area (Å²) in [5.41, 5.74) is 0.576. The Morgan fingerprint density at radius 1 is 1.07 bits per heavy atom. The van der Waals surface area contributed by atoms with E-state index in [4.69, 9.17) is 14.2 Å². The molecule has 1 aliphatic rings. The Hall–Kier alpha value is -2.17. The van der Waals surface area contributed by atoms with Gasteiger partial charge in [0.15, 0.2) is 23.0 Å². The highest BCUT2D eigenvalue weighted by Gasteiger charge is 2.35. The van der Waals surface area contributed by atoms with Crippen molar-refractivity contribution in [1.82, 2.24) is 4.90 Å². The minimum atomic E-state index is -0.413. The number of imide groups is 1. The molecule has 2 aromatic rings. The number of ether oxygens (including phenoxy) is 3. The molecule has 0 aliphatic carbocycles. The van der Waals surface area contributed by atoms with Crippen LogP contribution in [0.4, 0.5) is 4.79 Å². The summed E-state index contributed by atoms with van der Waals surface area (Å²) in [5, 5.41) is 9.67. The van der Waals surface area contributed by atoms with Crippen LogP contribution in [-0.2, 0) is 4.79 Å². The van der Waals surface area contributed by atoms with E-state index in [0.717, 1.165) is 16.7 Å². The van der Waals surface area contributed by atoms with Crippen LogP contribution >= 0.6 is 43.6 Å². The minimum Gasteiger partial charge on any atom is -0.503 e. The van der Waals surface area contributed by atoms with Gasteiger partial charge in [-0.2, -0.15) is 0 Å². The van der Waals surface area contributed by atoms with Crippen molar-refractivity contribution in [3.63, 3.8) is 0 Å². The first-order valence-corrected chi connectivity index (χ1v) is 11.0. The normalized spacial score (nSPS) is 15.1. The van der Waals surface area contributed by atoms with Gasteiger partial charge in [-0.3, -0.25) is 14.5 Å². The monoisotopic (exact) mass is 557 g/mol. The van der Waals surface area contributed by atoms with Crippen LogP contribution < -0.4 is 14.2 Å². The third-order valence-corrected chi connectivity index (χ3v) is 7.26. The molecule has 1 heterocycles. The molecule has 10 heteroatoms. The zero-order valence-corrected chi connectivity index (χ0v) is 20.0. The molecular formula is C20H17Br2NO6S. The Morgan fingerprint density at radius 2 is 1.73 bits per heavy atom. The third kappa shape index (κ3) is 4.60. The first-order chi connectivity index (χ1) is 14.4. The Kier molecular flexibility index (Phi) is 7.32. The molecule has 1 N–H and O–H groups in total. The van der Waals surface area contributed by atoms with E-state index in [0.29, 0.717) is 26.0 Å². The predicted molar refractivity (Wildman–Crippen MR) is 121 cm³/mol. The van der Waals surface area contributed by atoms with Crippen molar-refractivity contribution in [2.45, 2.75) is 0 Å². The number of benzene rings is 2. The number of hydrogen-bond acceptors (Lipinski definition) is 7. The predicted octanol–water partition coefficient (Wildman–Crippen LogP) is 5.05.